The van der Waals surface area contributed by atoms with Crippen LogP contribution in [0.5, 0.6) is 11.5 Å². The number of ether oxygens (including phenoxy) is 1. The average Bonchev–Trinajstić information content (AvgIpc) is 2.33. The Morgan fingerprint density at radius 3 is 2.32 bits per heavy atom. The van der Waals surface area contributed by atoms with Gasteiger partial charge in [-0.15, -0.1) is 0 Å². The fraction of sp³-hybridized carbons (Fsp3) is 0.143. The van der Waals surface area contributed by atoms with Crippen LogP contribution < -0.4 is 10.5 Å². The summed E-state index contributed by atoms with van der Waals surface area (Å²) in [5.74, 6) is 0.588. The smallest absolute Gasteiger partial charge is 0.416 e. The van der Waals surface area contributed by atoms with E-state index in [1.807, 2.05) is 0 Å². The first-order valence-corrected chi connectivity index (χ1v) is 5.57. The lowest BCUT2D eigenvalue weighted by molar-refractivity contribution is -0.137. The number of aryl methyl sites for hydroxylation is 1. The van der Waals surface area contributed by atoms with Gasteiger partial charge in [-0.25, -0.2) is 0 Å². The van der Waals surface area contributed by atoms with Gasteiger partial charge in [0.2, 0.25) is 0 Å². The second-order valence-electron chi connectivity index (χ2n) is 4.15. The predicted octanol–water partition coefficient (Wildman–Crippen LogP) is 4.39. The Kier molecular flexibility index (Phi) is 3.38. The third kappa shape index (κ3) is 3.19. The van der Waals surface area contributed by atoms with Gasteiger partial charge in [0.25, 0.3) is 0 Å². The van der Waals surface area contributed by atoms with E-state index in [0.29, 0.717) is 11.4 Å². The standard InChI is InChI=1S/C14H12F3NO/c1-9-7-12(5-6-13(9)18)19-11-4-2-3-10(8-11)14(15,16)17/h2-8H,18H2,1H3. The number of anilines is 1. The molecule has 0 aliphatic heterocycles. The highest BCUT2D eigenvalue weighted by molar-refractivity contribution is 5.50. The first kappa shape index (κ1) is 13.3. The summed E-state index contributed by atoms with van der Waals surface area (Å²) in [7, 11) is 0. The van der Waals surface area contributed by atoms with E-state index >= 15 is 0 Å². The third-order valence-electron chi connectivity index (χ3n) is 2.64. The fourth-order valence-electron chi connectivity index (χ4n) is 1.58. The topological polar surface area (TPSA) is 35.2 Å². The van der Waals surface area contributed by atoms with Gasteiger partial charge in [0.1, 0.15) is 11.5 Å². The van der Waals surface area contributed by atoms with E-state index in [9.17, 15) is 13.2 Å². The molecule has 0 saturated carbocycles. The van der Waals surface area contributed by atoms with Gasteiger partial charge in [-0.1, -0.05) is 6.07 Å². The van der Waals surface area contributed by atoms with Gasteiger partial charge < -0.3 is 10.5 Å². The van der Waals surface area contributed by atoms with Gasteiger partial charge in [-0.2, -0.15) is 13.2 Å². The van der Waals surface area contributed by atoms with Gasteiger partial charge in [0.05, 0.1) is 5.56 Å². The van der Waals surface area contributed by atoms with E-state index in [2.05, 4.69) is 0 Å². The average molecular weight is 267 g/mol. The molecule has 2 aromatic rings. The van der Waals surface area contributed by atoms with E-state index in [1.54, 1.807) is 25.1 Å². The largest absolute Gasteiger partial charge is 0.457 e. The van der Waals surface area contributed by atoms with Crippen molar-refractivity contribution < 1.29 is 17.9 Å². The normalized spacial score (nSPS) is 11.4. The SMILES string of the molecule is Cc1cc(Oc2cccc(C(F)(F)F)c2)ccc1N. The maximum atomic E-state index is 12.6. The van der Waals surface area contributed by atoms with Crippen molar-refractivity contribution in [3.05, 3.63) is 53.6 Å². The monoisotopic (exact) mass is 267 g/mol. The third-order valence-corrected chi connectivity index (χ3v) is 2.64. The van der Waals surface area contributed by atoms with Crippen LogP contribution in [0.25, 0.3) is 0 Å². The maximum absolute atomic E-state index is 12.6. The van der Waals surface area contributed by atoms with Gasteiger partial charge in [0.15, 0.2) is 0 Å². The van der Waals surface area contributed by atoms with Crippen LogP contribution in [0.3, 0.4) is 0 Å². The van der Waals surface area contributed by atoms with Gasteiger partial charge in [-0.05, 0) is 48.9 Å². The van der Waals surface area contributed by atoms with Crippen molar-refractivity contribution in [1.82, 2.24) is 0 Å². The molecule has 0 atom stereocenters. The van der Waals surface area contributed by atoms with Crippen molar-refractivity contribution in [2.45, 2.75) is 13.1 Å². The number of nitrogens with two attached hydrogens (primary N) is 1. The number of benzene rings is 2. The highest BCUT2D eigenvalue weighted by Crippen LogP contribution is 2.33. The molecule has 2 nitrogen and oxygen atoms in total. The molecule has 0 amide bonds. The number of nitrogen functional groups attached to an aromatic ring is 1. The number of halogens is 3. The van der Waals surface area contributed by atoms with Crippen LogP contribution in [0.1, 0.15) is 11.1 Å². The quantitative estimate of drug-likeness (QED) is 0.819. The first-order valence-electron chi connectivity index (χ1n) is 5.57. The second kappa shape index (κ2) is 4.84. The molecule has 0 saturated heterocycles. The van der Waals surface area contributed by atoms with Crippen molar-refractivity contribution >= 4 is 5.69 Å². The molecule has 100 valence electrons. The Hall–Kier alpha value is -2.17. The summed E-state index contributed by atoms with van der Waals surface area (Å²) in [5.41, 5.74) is 6.34. The van der Waals surface area contributed by atoms with Crippen LogP contribution in [-0.2, 0) is 6.18 Å². The van der Waals surface area contributed by atoms with Crippen LogP contribution in [0, 0.1) is 6.92 Å². The molecule has 0 aliphatic rings. The summed E-state index contributed by atoms with van der Waals surface area (Å²) in [6.45, 7) is 1.80. The summed E-state index contributed by atoms with van der Waals surface area (Å²) in [6, 6.07) is 9.69. The summed E-state index contributed by atoms with van der Waals surface area (Å²) in [5, 5.41) is 0. The molecule has 0 aliphatic carbocycles. The van der Waals surface area contributed by atoms with Gasteiger partial charge in [-0.3, -0.25) is 0 Å². The fourth-order valence-corrected chi connectivity index (χ4v) is 1.58. The molecule has 19 heavy (non-hydrogen) atoms. The zero-order chi connectivity index (χ0) is 14.0. The lowest BCUT2D eigenvalue weighted by Gasteiger charge is -2.10. The molecule has 2 aromatic carbocycles. The molecule has 2 rings (SSSR count). The number of hydrogen-bond acceptors (Lipinski definition) is 2. The molecule has 0 unspecified atom stereocenters. The molecule has 0 spiro atoms. The lowest BCUT2D eigenvalue weighted by Crippen LogP contribution is -2.04. The Labute approximate surface area is 108 Å². The minimum atomic E-state index is -4.38. The van der Waals surface area contributed by atoms with Crippen LogP contribution in [0.2, 0.25) is 0 Å². The highest BCUT2D eigenvalue weighted by Gasteiger charge is 2.30. The molecule has 2 N–H and O–H groups in total. The lowest BCUT2D eigenvalue weighted by atomic mass is 10.2. The zero-order valence-electron chi connectivity index (χ0n) is 10.2. The second-order valence-corrected chi connectivity index (χ2v) is 4.15. The summed E-state index contributed by atoms with van der Waals surface area (Å²) >= 11 is 0. The zero-order valence-corrected chi connectivity index (χ0v) is 10.2. The molecule has 0 fully saturated rings. The molecule has 0 bridgehead atoms. The molecular formula is C14H12F3NO. The molecule has 5 heteroatoms. The van der Waals surface area contributed by atoms with Crippen molar-refractivity contribution in [3.8, 4) is 11.5 Å². The van der Waals surface area contributed by atoms with Crippen molar-refractivity contribution in [1.29, 1.82) is 0 Å². The first-order chi connectivity index (χ1) is 8.86. The van der Waals surface area contributed by atoms with Crippen molar-refractivity contribution in [2.75, 3.05) is 5.73 Å². The maximum Gasteiger partial charge on any atom is 0.416 e. The number of hydrogen-bond donors (Lipinski definition) is 1. The predicted molar refractivity (Wildman–Crippen MR) is 67.1 cm³/mol. The van der Waals surface area contributed by atoms with E-state index in [4.69, 9.17) is 10.5 Å². The van der Waals surface area contributed by atoms with Crippen molar-refractivity contribution in [3.63, 3.8) is 0 Å². The molecule has 0 radical (unpaired) electrons. The van der Waals surface area contributed by atoms with Crippen LogP contribution in [0.15, 0.2) is 42.5 Å². The Morgan fingerprint density at radius 2 is 1.68 bits per heavy atom. The minimum absolute atomic E-state index is 0.138. The van der Waals surface area contributed by atoms with E-state index in [0.717, 1.165) is 17.7 Å². The van der Waals surface area contributed by atoms with Crippen LogP contribution in [0.4, 0.5) is 18.9 Å². The van der Waals surface area contributed by atoms with E-state index in [-0.39, 0.29) is 5.75 Å². The Morgan fingerprint density at radius 1 is 1.00 bits per heavy atom. The molecular weight excluding hydrogens is 255 g/mol. The Bertz CT molecular complexity index is 593. The van der Waals surface area contributed by atoms with E-state index in [1.165, 1.54) is 12.1 Å². The van der Waals surface area contributed by atoms with E-state index < -0.39 is 11.7 Å². The van der Waals surface area contributed by atoms with Crippen molar-refractivity contribution in [2.24, 2.45) is 0 Å². The molecule has 0 aromatic heterocycles. The summed E-state index contributed by atoms with van der Waals surface area (Å²) in [6.07, 6.45) is -4.38. The Balaban J connectivity index is 2.26. The summed E-state index contributed by atoms with van der Waals surface area (Å²) in [4.78, 5) is 0. The number of alkyl halides is 3. The molecule has 0 heterocycles. The van der Waals surface area contributed by atoms with Crippen LogP contribution >= 0.6 is 0 Å². The number of rotatable bonds is 2. The van der Waals surface area contributed by atoms with Gasteiger partial charge >= 0.3 is 6.18 Å². The highest BCUT2D eigenvalue weighted by atomic mass is 19.4. The minimum Gasteiger partial charge on any atom is -0.457 e. The summed E-state index contributed by atoms with van der Waals surface area (Å²) < 4.78 is 43.0. The van der Waals surface area contributed by atoms with Crippen LogP contribution in [-0.4, -0.2) is 0 Å². The van der Waals surface area contributed by atoms with Gasteiger partial charge in [0, 0.05) is 5.69 Å².